The number of halogens is 1. The molecule has 2 heteroatoms. The van der Waals surface area contributed by atoms with Crippen molar-refractivity contribution >= 4 is 0 Å². The van der Waals surface area contributed by atoms with Gasteiger partial charge in [0.25, 0.3) is 0 Å². The lowest BCUT2D eigenvalue weighted by molar-refractivity contribution is 0.140. The smallest absolute Gasteiger partial charge is 0.195 e. The number of allylic oxidation sites excluding steroid dienone is 2. The molecule has 0 radical (unpaired) electrons. The molecule has 3 rings (SSSR count). The zero-order chi connectivity index (χ0) is 23.3. The Morgan fingerprint density at radius 3 is 1.85 bits per heavy atom. The summed E-state index contributed by atoms with van der Waals surface area (Å²) in [5.74, 6) is 3.00. The van der Waals surface area contributed by atoms with E-state index < -0.39 is 5.83 Å². The Morgan fingerprint density at radius 2 is 1.33 bits per heavy atom. The number of hydrogen-bond donors (Lipinski definition) is 0. The van der Waals surface area contributed by atoms with Crippen LogP contribution in [0.1, 0.15) is 114 Å². The highest BCUT2D eigenvalue weighted by Gasteiger charge is 2.30. The first kappa shape index (κ1) is 26.0. The van der Waals surface area contributed by atoms with Crippen LogP contribution in [-0.4, -0.2) is 0 Å². The van der Waals surface area contributed by atoms with Gasteiger partial charge in [-0.3, -0.25) is 0 Å². The largest absolute Gasteiger partial charge is 0.196 e. The number of rotatable bonds is 12. The minimum atomic E-state index is -0.614. The summed E-state index contributed by atoms with van der Waals surface area (Å²) >= 11 is 0. The van der Waals surface area contributed by atoms with Crippen LogP contribution in [0.25, 0.3) is 0 Å². The lowest BCUT2D eigenvalue weighted by atomic mass is 9.68. The zero-order valence-electron chi connectivity index (χ0n) is 21.0. The number of nitrogens with zero attached hydrogens (tertiary/aromatic N) is 1. The molecule has 0 bridgehead atoms. The van der Waals surface area contributed by atoms with Crippen LogP contribution in [0.3, 0.4) is 0 Å². The Kier molecular flexibility index (Phi) is 11.5. The summed E-state index contributed by atoms with van der Waals surface area (Å²) in [6.45, 7) is 2.26. The van der Waals surface area contributed by atoms with Gasteiger partial charge in [-0.25, -0.2) is 0 Å². The average molecular weight is 452 g/mol. The number of unbranched alkanes of at least 4 members (excludes halogenated alkanes) is 2. The monoisotopic (exact) mass is 451 g/mol. The van der Waals surface area contributed by atoms with Crippen LogP contribution in [0.2, 0.25) is 0 Å². The first-order valence-electron chi connectivity index (χ1n) is 14.0. The molecule has 0 aromatic heterocycles. The van der Waals surface area contributed by atoms with Gasteiger partial charge in [-0.1, -0.05) is 76.1 Å². The van der Waals surface area contributed by atoms with Gasteiger partial charge in [-0.05, 0) is 105 Å². The molecule has 2 fully saturated rings. The van der Waals surface area contributed by atoms with Crippen molar-refractivity contribution in [3.05, 3.63) is 47.3 Å². The molecule has 0 amide bonds. The highest BCUT2D eigenvalue weighted by molar-refractivity contribution is 5.22. The van der Waals surface area contributed by atoms with Gasteiger partial charge in [0, 0.05) is 0 Å². The summed E-state index contributed by atoms with van der Waals surface area (Å²) in [5.41, 5.74) is 3.01. The lowest BCUT2D eigenvalue weighted by Gasteiger charge is -2.38. The Hall–Kier alpha value is -1.62. The second kappa shape index (κ2) is 14.6. The summed E-state index contributed by atoms with van der Waals surface area (Å²) in [6, 6.07) is 11.0. The molecule has 2 saturated carbocycles. The molecule has 2 aliphatic carbocycles. The van der Waals surface area contributed by atoms with Crippen LogP contribution >= 0.6 is 0 Å². The number of benzene rings is 1. The maximum Gasteiger partial charge on any atom is 0.196 e. The predicted molar refractivity (Wildman–Crippen MR) is 138 cm³/mol. The molecule has 1 nitrogen and oxygen atoms in total. The third-order valence-electron chi connectivity index (χ3n) is 8.62. The SMILES string of the molecule is CCCCc1ccc(CCCCC2CCC(C3CCC(CC/C=C(\F)C#N)CC3)CC2)cc1. The molecule has 0 N–H and O–H groups in total. The Balaban J connectivity index is 1.24. The molecule has 2 aliphatic rings. The summed E-state index contributed by atoms with van der Waals surface area (Å²) in [4.78, 5) is 0. The molecule has 0 unspecified atom stereocenters. The molecule has 0 aliphatic heterocycles. The molecule has 0 spiro atoms. The van der Waals surface area contributed by atoms with Crippen LogP contribution < -0.4 is 0 Å². The topological polar surface area (TPSA) is 23.8 Å². The second-order valence-corrected chi connectivity index (χ2v) is 11.0. The van der Waals surface area contributed by atoms with Crippen molar-refractivity contribution in [2.24, 2.45) is 23.7 Å². The van der Waals surface area contributed by atoms with Gasteiger partial charge >= 0.3 is 0 Å². The van der Waals surface area contributed by atoms with Crippen molar-refractivity contribution in [3.63, 3.8) is 0 Å². The quantitative estimate of drug-likeness (QED) is 0.229. The van der Waals surface area contributed by atoms with Gasteiger partial charge in [-0.2, -0.15) is 9.65 Å². The predicted octanol–water partition coefficient (Wildman–Crippen LogP) is 9.51. The van der Waals surface area contributed by atoms with E-state index in [4.69, 9.17) is 5.26 Å². The normalized spacial score (nSPS) is 26.2. The molecular formula is C31H46FN. The molecule has 33 heavy (non-hydrogen) atoms. The minimum absolute atomic E-state index is 0.614. The molecule has 0 heterocycles. The third-order valence-corrected chi connectivity index (χ3v) is 8.62. The van der Waals surface area contributed by atoms with E-state index in [2.05, 4.69) is 31.2 Å². The first-order chi connectivity index (χ1) is 16.2. The van der Waals surface area contributed by atoms with Gasteiger partial charge in [0.05, 0.1) is 0 Å². The van der Waals surface area contributed by atoms with Crippen LogP contribution in [0.4, 0.5) is 4.39 Å². The highest BCUT2D eigenvalue weighted by atomic mass is 19.1. The van der Waals surface area contributed by atoms with Crippen LogP contribution in [-0.2, 0) is 12.8 Å². The van der Waals surface area contributed by atoms with E-state index in [1.807, 2.05) is 0 Å². The fraction of sp³-hybridized carbons (Fsp3) is 0.710. The van der Waals surface area contributed by atoms with Crippen LogP contribution in [0.5, 0.6) is 0 Å². The molecule has 0 saturated heterocycles. The number of aryl methyl sites for hydroxylation is 2. The molecule has 0 atom stereocenters. The van der Waals surface area contributed by atoms with E-state index in [-0.39, 0.29) is 0 Å². The highest BCUT2D eigenvalue weighted by Crippen LogP contribution is 2.43. The van der Waals surface area contributed by atoms with E-state index in [1.165, 1.54) is 114 Å². The maximum atomic E-state index is 12.9. The van der Waals surface area contributed by atoms with E-state index in [9.17, 15) is 4.39 Å². The van der Waals surface area contributed by atoms with Gasteiger partial charge in [0.2, 0.25) is 0 Å². The lowest BCUT2D eigenvalue weighted by Crippen LogP contribution is -2.25. The molecule has 1 aromatic rings. The molecule has 182 valence electrons. The number of hydrogen-bond acceptors (Lipinski definition) is 1. The summed E-state index contributed by atoms with van der Waals surface area (Å²) in [6.07, 6.45) is 23.6. The van der Waals surface area contributed by atoms with E-state index >= 15 is 0 Å². The van der Waals surface area contributed by atoms with Crippen molar-refractivity contribution in [3.8, 4) is 6.07 Å². The zero-order valence-corrected chi connectivity index (χ0v) is 21.0. The fourth-order valence-electron chi connectivity index (χ4n) is 6.40. The van der Waals surface area contributed by atoms with E-state index in [1.54, 1.807) is 6.07 Å². The van der Waals surface area contributed by atoms with Crippen molar-refractivity contribution < 1.29 is 4.39 Å². The van der Waals surface area contributed by atoms with Crippen molar-refractivity contribution in [1.82, 2.24) is 0 Å². The van der Waals surface area contributed by atoms with Gasteiger partial charge in [0.1, 0.15) is 6.07 Å². The van der Waals surface area contributed by atoms with Crippen molar-refractivity contribution in [1.29, 1.82) is 5.26 Å². The third kappa shape index (κ3) is 9.27. The summed E-state index contributed by atoms with van der Waals surface area (Å²) in [5, 5.41) is 8.51. The van der Waals surface area contributed by atoms with E-state index in [0.29, 0.717) is 0 Å². The van der Waals surface area contributed by atoms with Crippen LogP contribution in [0.15, 0.2) is 36.2 Å². The summed E-state index contributed by atoms with van der Waals surface area (Å²) < 4.78 is 12.9. The Bertz CT molecular complexity index is 727. The minimum Gasteiger partial charge on any atom is -0.195 e. The standard InChI is InChI=1S/C31H46FN/c1-2-3-7-25-12-14-26(15-13-25)8-4-5-9-27-16-20-29(21-17-27)30-22-18-28(19-23-30)10-6-11-31(32)24-33/h11-15,27-30H,2-10,16-23H2,1H3/b31-11-. The van der Waals surface area contributed by atoms with Crippen molar-refractivity contribution in [2.75, 3.05) is 0 Å². The van der Waals surface area contributed by atoms with Gasteiger partial charge < -0.3 is 0 Å². The molecule has 1 aromatic carbocycles. The van der Waals surface area contributed by atoms with Crippen molar-refractivity contribution in [2.45, 2.75) is 116 Å². The summed E-state index contributed by atoms with van der Waals surface area (Å²) in [7, 11) is 0. The van der Waals surface area contributed by atoms with Crippen LogP contribution in [0, 0.1) is 35.0 Å². The second-order valence-electron chi connectivity index (χ2n) is 11.0. The average Bonchev–Trinajstić information content (AvgIpc) is 2.87. The molecular weight excluding hydrogens is 405 g/mol. The van der Waals surface area contributed by atoms with Gasteiger partial charge in [-0.15, -0.1) is 0 Å². The van der Waals surface area contributed by atoms with Gasteiger partial charge in [0.15, 0.2) is 5.83 Å². The van der Waals surface area contributed by atoms with E-state index in [0.717, 1.165) is 36.5 Å². The fourth-order valence-corrected chi connectivity index (χ4v) is 6.40. The number of nitriles is 1. The Labute approximate surface area is 202 Å². The Morgan fingerprint density at radius 1 is 0.818 bits per heavy atom. The first-order valence-corrected chi connectivity index (χ1v) is 14.0. The maximum absolute atomic E-state index is 12.9.